The van der Waals surface area contributed by atoms with Crippen molar-refractivity contribution in [3.05, 3.63) is 133 Å². The summed E-state index contributed by atoms with van der Waals surface area (Å²) in [6.45, 7) is 2.58. The molecule has 0 unspecified atom stereocenters. The molecule has 0 saturated carbocycles. The molecule has 0 aliphatic carbocycles. The van der Waals surface area contributed by atoms with E-state index in [1.54, 1.807) is 12.4 Å². The minimum Gasteiger partial charge on any atom is -0.741 e. The molecular formula is C40H34F6N4O10S2Zn. The van der Waals surface area contributed by atoms with E-state index in [9.17, 15) is 26.3 Å². The minimum atomic E-state index is -6.09. The monoisotopic (exact) mass is 972 g/mol. The van der Waals surface area contributed by atoms with Gasteiger partial charge in [-0.15, -0.1) is 0 Å². The zero-order chi connectivity index (χ0) is 45.2. The van der Waals surface area contributed by atoms with Gasteiger partial charge in [-0.1, -0.05) is 72.8 Å². The van der Waals surface area contributed by atoms with Gasteiger partial charge < -0.3 is 28.1 Å². The molecule has 2 aromatic heterocycles. The molecular weight excluding hydrogens is 940 g/mol. The molecule has 23 heteroatoms. The number of benzene rings is 4. The molecule has 4 aromatic carbocycles. The number of alkyl halides is 6. The predicted molar refractivity (Wildman–Crippen MR) is 215 cm³/mol. The molecule has 330 valence electrons. The van der Waals surface area contributed by atoms with Gasteiger partial charge in [0.25, 0.3) is 0 Å². The summed E-state index contributed by atoms with van der Waals surface area (Å²) in [5, 5.41) is 2.00. The molecule has 0 N–H and O–H groups in total. The van der Waals surface area contributed by atoms with Crippen LogP contribution in [0.2, 0.25) is 0 Å². The number of hydrogen-bond acceptors (Lipinski definition) is 14. The quantitative estimate of drug-likeness (QED) is 0.0241. The van der Waals surface area contributed by atoms with Gasteiger partial charge in [0.05, 0.1) is 61.6 Å². The topological polar surface area (TPSA) is 202 Å². The van der Waals surface area contributed by atoms with Crippen LogP contribution in [0.25, 0.3) is 21.8 Å². The van der Waals surface area contributed by atoms with Gasteiger partial charge >= 0.3 is 30.5 Å². The molecule has 0 atom stereocenters. The molecule has 0 spiro atoms. The Morgan fingerprint density at radius 2 is 0.825 bits per heavy atom. The van der Waals surface area contributed by atoms with Crippen molar-refractivity contribution in [1.82, 2.24) is 9.97 Å². The van der Waals surface area contributed by atoms with Crippen molar-refractivity contribution in [1.29, 1.82) is 0 Å². The first-order valence-electron chi connectivity index (χ1n) is 17.7. The van der Waals surface area contributed by atoms with Gasteiger partial charge in [0.2, 0.25) is 0 Å². The van der Waals surface area contributed by atoms with Gasteiger partial charge in [0, 0.05) is 10.8 Å². The molecule has 0 aliphatic heterocycles. The zero-order valence-corrected chi connectivity index (χ0v) is 37.2. The summed E-state index contributed by atoms with van der Waals surface area (Å²) in [6.07, 6.45) is 3.52. The van der Waals surface area contributed by atoms with E-state index in [0.29, 0.717) is 51.1 Å². The molecule has 6 aromatic rings. The fraction of sp³-hybridized carbons (Fsp3) is 0.200. The molecule has 0 bridgehead atoms. The molecule has 0 fully saturated rings. The van der Waals surface area contributed by atoms with E-state index < -0.39 is 31.3 Å². The third-order valence-electron chi connectivity index (χ3n) is 7.52. The second kappa shape index (κ2) is 24.4. The number of pyridine rings is 2. The largest absolute Gasteiger partial charge is 2.00 e. The van der Waals surface area contributed by atoms with Crippen LogP contribution in [0.15, 0.2) is 131 Å². The summed E-state index contributed by atoms with van der Waals surface area (Å²) in [7, 11) is -12.2. The summed E-state index contributed by atoms with van der Waals surface area (Å²) in [5.74, 6) is 1.42. The molecule has 0 aliphatic rings. The van der Waals surface area contributed by atoms with Gasteiger partial charge in [-0.25, -0.2) is 26.8 Å². The van der Waals surface area contributed by atoms with Crippen LogP contribution in [0.3, 0.4) is 0 Å². The van der Waals surface area contributed by atoms with Gasteiger partial charge in [-0.3, -0.25) is 9.98 Å². The third-order valence-corrected chi connectivity index (χ3v) is 8.66. The van der Waals surface area contributed by atoms with Gasteiger partial charge in [-0.05, 0) is 48.5 Å². The normalized spacial score (nSPS) is 12.0. The Labute approximate surface area is 369 Å². The van der Waals surface area contributed by atoms with E-state index in [-0.39, 0.29) is 19.5 Å². The standard InChI is InChI=1S/C38H34N4O4.2CHF3O3S.Zn/c1-3-11-31(12-4-1)39-27-33-19-17-29-9-7-15-35(37(29)41-33)45-25-23-43-21-22-44-24-26-46-36-16-8-10-30-18-20-34(42-38(30)36)28-40-32-13-5-2-6-14-32;2*2-1(3,4)8(5,6)7;/h1-20,27-28H,21-26H2;2*(H,5,6,7);/q;;;+2/p-2. The smallest absolute Gasteiger partial charge is 0.741 e. The van der Waals surface area contributed by atoms with Crippen molar-refractivity contribution < 1.29 is 90.7 Å². The van der Waals surface area contributed by atoms with Crippen molar-refractivity contribution in [2.75, 3.05) is 39.6 Å². The van der Waals surface area contributed by atoms with Crippen LogP contribution in [0.1, 0.15) is 11.4 Å². The van der Waals surface area contributed by atoms with Crippen molar-refractivity contribution in [2.24, 2.45) is 9.98 Å². The third kappa shape index (κ3) is 17.7. The maximum absolute atomic E-state index is 10.7. The van der Waals surface area contributed by atoms with Crippen LogP contribution in [-0.4, -0.2) is 99.0 Å². The second-order valence-corrected chi connectivity index (χ2v) is 14.8. The van der Waals surface area contributed by atoms with E-state index in [1.807, 2.05) is 121 Å². The van der Waals surface area contributed by atoms with Gasteiger partial charge in [0.15, 0.2) is 20.2 Å². The SMILES string of the molecule is C(=Nc1ccccc1)c1ccc2cccc(OCCOCCOCCOc3cccc4ccc(C=Nc5ccccc5)nc34)c2n1.O=S(=O)([O-])C(F)(F)F.O=S(=O)([O-])C(F)(F)F.[Zn+2]. The van der Waals surface area contributed by atoms with Crippen molar-refractivity contribution in [3.8, 4) is 11.5 Å². The molecule has 0 radical (unpaired) electrons. The predicted octanol–water partition coefficient (Wildman–Crippen LogP) is 7.88. The van der Waals surface area contributed by atoms with Crippen molar-refractivity contribution in [2.45, 2.75) is 11.0 Å². The Hall–Kier alpha value is -5.42. The summed E-state index contributed by atoms with van der Waals surface area (Å²) >= 11 is 0. The second-order valence-electron chi connectivity index (χ2n) is 12.0. The van der Waals surface area contributed by atoms with Crippen molar-refractivity contribution in [3.63, 3.8) is 0 Å². The maximum Gasteiger partial charge on any atom is 2.00 e. The Balaban J connectivity index is 0.000000529. The fourth-order valence-electron chi connectivity index (χ4n) is 4.70. The number of para-hydroxylation sites is 4. The average molecular weight is 974 g/mol. The number of rotatable bonds is 15. The van der Waals surface area contributed by atoms with E-state index in [2.05, 4.69) is 9.98 Å². The number of aliphatic imine (C=N–C) groups is 2. The summed E-state index contributed by atoms with van der Waals surface area (Å²) in [6, 6.07) is 39.3. The number of hydrogen-bond donors (Lipinski definition) is 0. The Bertz CT molecular complexity index is 2460. The summed E-state index contributed by atoms with van der Waals surface area (Å²) in [4.78, 5) is 18.5. The van der Waals surface area contributed by atoms with Crippen LogP contribution in [-0.2, 0) is 49.2 Å². The van der Waals surface area contributed by atoms with Gasteiger partial charge in [0.1, 0.15) is 35.7 Å². The van der Waals surface area contributed by atoms with E-state index in [0.717, 1.165) is 44.6 Å². The summed E-state index contributed by atoms with van der Waals surface area (Å²) < 4.78 is 141. The van der Waals surface area contributed by atoms with E-state index >= 15 is 0 Å². The summed E-state index contributed by atoms with van der Waals surface area (Å²) in [5.41, 5.74) is -6.42. The molecule has 6 rings (SSSR count). The average Bonchev–Trinajstić information content (AvgIpc) is 3.22. The molecule has 63 heavy (non-hydrogen) atoms. The first-order valence-corrected chi connectivity index (χ1v) is 20.6. The fourth-order valence-corrected chi connectivity index (χ4v) is 4.70. The van der Waals surface area contributed by atoms with Crippen LogP contribution >= 0.6 is 0 Å². The van der Waals surface area contributed by atoms with E-state index in [1.165, 1.54) is 0 Å². The number of ether oxygens (including phenoxy) is 4. The first-order chi connectivity index (χ1) is 29.3. The number of nitrogens with zero attached hydrogens (tertiary/aromatic N) is 4. The number of aromatic nitrogens is 2. The number of fused-ring (bicyclic) bond motifs is 2. The van der Waals surface area contributed by atoms with Gasteiger partial charge in [-0.2, -0.15) is 26.3 Å². The Kier molecular flexibility index (Phi) is 20.1. The molecule has 2 heterocycles. The number of halogens is 6. The molecule has 14 nitrogen and oxygen atoms in total. The van der Waals surface area contributed by atoms with E-state index in [4.69, 9.17) is 54.9 Å². The Morgan fingerprint density at radius 3 is 1.16 bits per heavy atom. The van der Waals surface area contributed by atoms with Crippen LogP contribution in [0.4, 0.5) is 37.7 Å². The van der Waals surface area contributed by atoms with Crippen LogP contribution in [0, 0.1) is 0 Å². The van der Waals surface area contributed by atoms with Crippen LogP contribution in [0.5, 0.6) is 11.5 Å². The molecule has 0 saturated heterocycles. The first kappa shape index (κ1) is 51.9. The maximum atomic E-state index is 10.7. The van der Waals surface area contributed by atoms with Crippen LogP contribution < -0.4 is 9.47 Å². The zero-order valence-electron chi connectivity index (χ0n) is 32.6. The Morgan fingerprint density at radius 1 is 0.492 bits per heavy atom. The minimum absolute atomic E-state index is 0. The molecule has 0 amide bonds. The van der Waals surface area contributed by atoms with Crippen molar-refractivity contribution >= 4 is 65.8 Å².